The van der Waals surface area contributed by atoms with Gasteiger partial charge >= 0.3 is 0 Å². The maximum Gasteiger partial charge on any atom is 0.255 e. The zero-order valence-electron chi connectivity index (χ0n) is 14.3. The van der Waals surface area contributed by atoms with Crippen LogP contribution in [0.2, 0.25) is 0 Å². The third-order valence-electron chi connectivity index (χ3n) is 3.84. The molecule has 0 aliphatic heterocycles. The van der Waals surface area contributed by atoms with E-state index in [2.05, 4.69) is 23.9 Å². The van der Waals surface area contributed by atoms with Crippen molar-refractivity contribution in [3.05, 3.63) is 59.2 Å². The fourth-order valence-electron chi connectivity index (χ4n) is 2.30. The van der Waals surface area contributed by atoms with Crippen molar-refractivity contribution in [2.75, 3.05) is 12.4 Å². The minimum absolute atomic E-state index is 0.151. The smallest absolute Gasteiger partial charge is 0.255 e. The number of aryl methyl sites for hydroxylation is 1. The highest BCUT2D eigenvalue weighted by atomic mass is 32.2. The van der Waals surface area contributed by atoms with Gasteiger partial charge in [-0.3, -0.25) is 4.79 Å². The molecule has 0 unspecified atom stereocenters. The number of hydrogen-bond donors (Lipinski definition) is 2. The lowest BCUT2D eigenvalue weighted by molar-refractivity contribution is 0.102. The summed E-state index contributed by atoms with van der Waals surface area (Å²) in [5, 5.41) is 2.74. The van der Waals surface area contributed by atoms with Gasteiger partial charge in [0.05, 0.1) is 4.90 Å². The summed E-state index contributed by atoms with van der Waals surface area (Å²) in [7, 11) is -2.21. The molecule has 2 aromatic rings. The molecule has 0 heterocycles. The first-order chi connectivity index (χ1) is 11.2. The van der Waals surface area contributed by atoms with Gasteiger partial charge in [0.2, 0.25) is 10.0 Å². The summed E-state index contributed by atoms with van der Waals surface area (Å²) in [4.78, 5) is 12.5. The Morgan fingerprint density at radius 3 is 2.21 bits per heavy atom. The zero-order valence-corrected chi connectivity index (χ0v) is 15.1. The Morgan fingerprint density at radius 1 is 1.04 bits per heavy atom. The lowest BCUT2D eigenvalue weighted by Crippen LogP contribution is -2.20. The van der Waals surface area contributed by atoms with E-state index >= 15 is 0 Å². The van der Waals surface area contributed by atoms with E-state index in [4.69, 9.17) is 0 Å². The Morgan fingerprint density at radius 2 is 1.67 bits per heavy atom. The average Bonchev–Trinajstić information content (AvgIpc) is 2.56. The average molecular weight is 346 g/mol. The fraction of sp³-hybridized carbons (Fsp3) is 0.278. The van der Waals surface area contributed by atoms with E-state index in [1.807, 2.05) is 12.1 Å². The van der Waals surface area contributed by atoms with Gasteiger partial charge in [0.25, 0.3) is 5.91 Å². The summed E-state index contributed by atoms with van der Waals surface area (Å²) in [5.41, 5.74) is 2.73. The molecule has 0 spiro atoms. The van der Waals surface area contributed by atoms with Crippen molar-refractivity contribution in [2.45, 2.75) is 31.6 Å². The molecule has 2 N–H and O–H groups in total. The second kappa shape index (κ2) is 7.15. The van der Waals surface area contributed by atoms with Crippen molar-refractivity contribution in [3.8, 4) is 0 Å². The minimum atomic E-state index is -3.57. The number of carbonyl (C=O) groups excluding carboxylic acids is 1. The van der Waals surface area contributed by atoms with Crippen molar-refractivity contribution >= 4 is 21.6 Å². The Hall–Kier alpha value is -2.18. The number of anilines is 1. The molecule has 0 fully saturated rings. The quantitative estimate of drug-likeness (QED) is 0.872. The van der Waals surface area contributed by atoms with Crippen molar-refractivity contribution < 1.29 is 13.2 Å². The Kier molecular flexibility index (Phi) is 5.41. The van der Waals surface area contributed by atoms with Crippen LogP contribution in [0.5, 0.6) is 0 Å². The van der Waals surface area contributed by atoms with Crippen LogP contribution in [0.3, 0.4) is 0 Å². The van der Waals surface area contributed by atoms with Crippen LogP contribution in [0.25, 0.3) is 0 Å². The standard InChI is InChI=1S/C18H22N2O3S/c1-12(2)14-6-8-15(9-7-14)18(21)20-16-10-5-13(3)17(11-16)24(22,23)19-4/h5-12,19H,1-4H3,(H,20,21). The molecule has 0 aliphatic carbocycles. The van der Waals surface area contributed by atoms with Crippen molar-refractivity contribution in [3.63, 3.8) is 0 Å². The number of rotatable bonds is 5. The molecule has 0 bridgehead atoms. The highest BCUT2D eigenvalue weighted by molar-refractivity contribution is 7.89. The first-order valence-corrected chi connectivity index (χ1v) is 9.18. The Labute approximate surface area is 143 Å². The summed E-state index contributed by atoms with van der Waals surface area (Å²) >= 11 is 0. The highest BCUT2D eigenvalue weighted by Crippen LogP contribution is 2.21. The van der Waals surface area contributed by atoms with E-state index in [-0.39, 0.29) is 10.8 Å². The molecule has 128 valence electrons. The van der Waals surface area contributed by atoms with Gasteiger partial charge in [-0.2, -0.15) is 0 Å². The van der Waals surface area contributed by atoms with Gasteiger partial charge in [0.1, 0.15) is 0 Å². The van der Waals surface area contributed by atoms with E-state index in [1.165, 1.54) is 13.1 Å². The second-order valence-electron chi connectivity index (χ2n) is 5.92. The molecule has 6 heteroatoms. The molecular formula is C18H22N2O3S. The molecule has 1 amide bonds. The van der Waals surface area contributed by atoms with Crippen LogP contribution in [-0.2, 0) is 10.0 Å². The van der Waals surface area contributed by atoms with Crippen LogP contribution in [0.1, 0.15) is 41.3 Å². The van der Waals surface area contributed by atoms with Crippen molar-refractivity contribution in [2.24, 2.45) is 0 Å². The van der Waals surface area contributed by atoms with Crippen LogP contribution >= 0.6 is 0 Å². The van der Waals surface area contributed by atoms with Crippen molar-refractivity contribution in [1.29, 1.82) is 0 Å². The summed E-state index contributed by atoms with van der Waals surface area (Å²) in [5.74, 6) is 0.121. The fourth-order valence-corrected chi connectivity index (χ4v) is 3.29. The molecule has 0 radical (unpaired) electrons. The van der Waals surface area contributed by atoms with Gasteiger partial charge in [-0.1, -0.05) is 32.0 Å². The number of amides is 1. The summed E-state index contributed by atoms with van der Waals surface area (Å²) in [6, 6.07) is 12.2. The van der Waals surface area contributed by atoms with Crippen LogP contribution in [0.15, 0.2) is 47.4 Å². The topological polar surface area (TPSA) is 75.3 Å². The van der Waals surface area contributed by atoms with Crippen LogP contribution in [-0.4, -0.2) is 21.4 Å². The zero-order chi connectivity index (χ0) is 17.9. The third-order valence-corrected chi connectivity index (χ3v) is 5.40. The largest absolute Gasteiger partial charge is 0.322 e. The van der Waals surface area contributed by atoms with Gasteiger partial charge in [-0.25, -0.2) is 13.1 Å². The van der Waals surface area contributed by atoms with Crippen LogP contribution in [0.4, 0.5) is 5.69 Å². The Bertz CT molecular complexity index is 841. The Balaban J connectivity index is 2.25. The number of carbonyl (C=O) groups is 1. The van der Waals surface area contributed by atoms with Crippen LogP contribution in [0, 0.1) is 6.92 Å². The second-order valence-corrected chi connectivity index (χ2v) is 7.77. The SMILES string of the molecule is CNS(=O)(=O)c1cc(NC(=O)c2ccc(C(C)C)cc2)ccc1C. The molecule has 0 saturated heterocycles. The summed E-state index contributed by atoms with van der Waals surface area (Å²) in [6.07, 6.45) is 0. The molecule has 2 aromatic carbocycles. The lowest BCUT2D eigenvalue weighted by atomic mass is 10.0. The highest BCUT2D eigenvalue weighted by Gasteiger charge is 2.16. The number of hydrogen-bond acceptors (Lipinski definition) is 3. The molecule has 0 aromatic heterocycles. The first-order valence-electron chi connectivity index (χ1n) is 7.70. The summed E-state index contributed by atoms with van der Waals surface area (Å²) in [6.45, 7) is 5.89. The van der Waals surface area contributed by atoms with Gasteiger partial charge < -0.3 is 5.32 Å². The molecule has 0 saturated carbocycles. The lowest BCUT2D eigenvalue weighted by Gasteiger charge is -2.11. The van der Waals surface area contributed by atoms with Crippen LogP contribution < -0.4 is 10.0 Å². The van der Waals surface area contributed by atoms with Gasteiger partial charge in [0, 0.05) is 11.3 Å². The normalized spacial score (nSPS) is 11.5. The van der Waals surface area contributed by atoms with E-state index in [0.29, 0.717) is 22.7 Å². The maximum absolute atomic E-state index is 12.3. The van der Waals surface area contributed by atoms with E-state index in [9.17, 15) is 13.2 Å². The molecular weight excluding hydrogens is 324 g/mol. The molecule has 0 aliphatic rings. The predicted molar refractivity (Wildman–Crippen MR) is 95.9 cm³/mol. The number of sulfonamides is 1. The monoisotopic (exact) mass is 346 g/mol. The molecule has 5 nitrogen and oxygen atoms in total. The number of benzene rings is 2. The van der Waals surface area contributed by atoms with Crippen molar-refractivity contribution in [1.82, 2.24) is 4.72 Å². The molecule has 0 atom stereocenters. The minimum Gasteiger partial charge on any atom is -0.322 e. The first kappa shape index (κ1) is 18.2. The van der Waals surface area contributed by atoms with Gasteiger partial charge in [0.15, 0.2) is 0 Å². The molecule has 2 rings (SSSR count). The predicted octanol–water partition coefficient (Wildman–Crippen LogP) is 3.28. The van der Waals surface area contributed by atoms with E-state index < -0.39 is 10.0 Å². The van der Waals surface area contributed by atoms with Gasteiger partial charge in [-0.15, -0.1) is 0 Å². The molecule has 24 heavy (non-hydrogen) atoms. The summed E-state index contributed by atoms with van der Waals surface area (Å²) < 4.78 is 26.3. The van der Waals surface area contributed by atoms with E-state index in [1.54, 1.807) is 31.2 Å². The number of nitrogens with one attached hydrogen (secondary N) is 2. The van der Waals surface area contributed by atoms with E-state index in [0.717, 1.165) is 5.56 Å². The van der Waals surface area contributed by atoms with Gasteiger partial charge in [-0.05, 0) is 55.3 Å². The third kappa shape index (κ3) is 4.01. The maximum atomic E-state index is 12.3.